The summed E-state index contributed by atoms with van der Waals surface area (Å²) in [5, 5.41) is 3.18. The highest BCUT2D eigenvalue weighted by atomic mass is 16.5. The van der Waals surface area contributed by atoms with E-state index in [9.17, 15) is 14.4 Å². The van der Waals surface area contributed by atoms with Gasteiger partial charge in [-0.15, -0.1) is 0 Å². The molecular formula is C31H47NO4. The number of nitrogens with one attached hydrogen (secondary N) is 1. The van der Waals surface area contributed by atoms with Crippen molar-refractivity contribution < 1.29 is 19.1 Å². The van der Waals surface area contributed by atoms with E-state index < -0.39 is 5.54 Å². The van der Waals surface area contributed by atoms with Crippen molar-refractivity contribution in [2.45, 2.75) is 118 Å². The largest absolute Gasteiger partial charge is 0.462 e. The summed E-state index contributed by atoms with van der Waals surface area (Å²) < 4.78 is 5.86. The van der Waals surface area contributed by atoms with E-state index in [0.29, 0.717) is 30.1 Å². The Bertz CT molecular complexity index is 997. The Labute approximate surface area is 217 Å². The van der Waals surface area contributed by atoms with Gasteiger partial charge in [0.25, 0.3) is 0 Å². The average molecular weight is 498 g/mol. The zero-order valence-electron chi connectivity index (χ0n) is 23.5. The van der Waals surface area contributed by atoms with Gasteiger partial charge >= 0.3 is 5.97 Å². The van der Waals surface area contributed by atoms with Gasteiger partial charge < -0.3 is 10.1 Å². The molecule has 36 heavy (non-hydrogen) atoms. The van der Waals surface area contributed by atoms with Gasteiger partial charge in [-0.25, -0.2) is 0 Å². The van der Waals surface area contributed by atoms with Gasteiger partial charge in [0, 0.05) is 18.8 Å². The van der Waals surface area contributed by atoms with Crippen LogP contribution in [0.4, 0.5) is 0 Å². The summed E-state index contributed by atoms with van der Waals surface area (Å²) >= 11 is 0. The van der Waals surface area contributed by atoms with Crippen molar-refractivity contribution in [3.63, 3.8) is 0 Å². The van der Waals surface area contributed by atoms with Crippen LogP contribution in [-0.2, 0) is 19.1 Å². The Morgan fingerprint density at radius 3 is 2.31 bits per heavy atom. The van der Waals surface area contributed by atoms with Crippen LogP contribution in [0.15, 0.2) is 11.1 Å². The summed E-state index contributed by atoms with van der Waals surface area (Å²) in [5.74, 6) is 2.40. The van der Waals surface area contributed by atoms with Crippen molar-refractivity contribution in [2.24, 2.45) is 45.8 Å². The maximum atomic E-state index is 13.3. The standard InChI is InChI=1S/C31H47NO4/c1-18(2)26-22(35)16-31(32-17-33)15-10-21-20(27(26)31)8-9-24-29(21,6)13-11-23-28(4,5)25(36-19(3)34)12-14-30(23,24)7/h17-18,20-21,23-25H,8-16H2,1-7H3,(H,32,33)/t20?,21?,23?,24?,25-,29-,30-,31+/m0/s1. The molecule has 5 nitrogen and oxygen atoms in total. The molecule has 0 saturated heterocycles. The lowest BCUT2D eigenvalue weighted by molar-refractivity contribution is -0.211. The van der Waals surface area contributed by atoms with E-state index in [1.165, 1.54) is 24.8 Å². The van der Waals surface area contributed by atoms with Crippen LogP contribution in [0.2, 0.25) is 0 Å². The molecule has 200 valence electrons. The van der Waals surface area contributed by atoms with Crippen LogP contribution in [0.5, 0.6) is 0 Å². The molecular weight excluding hydrogens is 450 g/mol. The van der Waals surface area contributed by atoms with Gasteiger partial charge in [-0.3, -0.25) is 14.4 Å². The number of fused-ring (bicyclic) bond motifs is 7. The lowest BCUT2D eigenvalue weighted by atomic mass is 9.37. The van der Waals surface area contributed by atoms with Crippen molar-refractivity contribution >= 4 is 18.2 Å². The number of esters is 1. The molecule has 4 unspecified atom stereocenters. The average Bonchev–Trinajstić information content (AvgIpc) is 3.07. The zero-order valence-corrected chi connectivity index (χ0v) is 23.5. The second-order valence-electron chi connectivity index (χ2n) is 14.4. The fraction of sp³-hybridized carbons (Fsp3) is 0.839. The zero-order chi connectivity index (χ0) is 26.3. The summed E-state index contributed by atoms with van der Waals surface area (Å²) in [5.41, 5.74) is 2.30. The van der Waals surface area contributed by atoms with Crippen LogP contribution >= 0.6 is 0 Å². The highest BCUT2D eigenvalue weighted by Gasteiger charge is 2.66. The van der Waals surface area contributed by atoms with Gasteiger partial charge in [0.2, 0.25) is 6.41 Å². The topological polar surface area (TPSA) is 72.5 Å². The van der Waals surface area contributed by atoms with Crippen molar-refractivity contribution in [3.05, 3.63) is 11.1 Å². The number of carbonyl (C=O) groups is 3. The minimum Gasteiger partial charge on any atom is -0.462 e. The van der Waals surface area contributed by atoms with E-state index in [1.54, 1.807) is 6.92 Å². The molecule has 5 aliphatic rings. The molecule has 1 N–H and O–H groups in total. The number of hydrogen-bond donors (Lipinski definition) is 1. The number of ether oxygens (including phenoxy) is 1. The van der Waals surface area contributed by atoms with Crippen molar-refractivity contribution in [1.82, 2.24) is 5.32 Å². The van der Waals surface area contributed by atoms with Gasteiger partial charge in [-0.2, -0.15) is 0 Å². The Hall–Kier alpha value is -1.65. The molecule has 5 rings (SSSR count). The van der Waals surface area contributed by atoms with Crippen molar-refractivity contribution in [2.75, 3.05) is 0 Å². The molecule has 0 aromatic rings. The number of Topliss-reactive ketones (excluding diaryl/α,β-unsaturated/α-hetero) is 1. The molecule has 0 aromatic carbocycles. The van der Waals surface area contributed by atoms with Crippen molar-refractivity contribution in [1.29, 1.82) is 0 Å². The van der Waals surface area contributed by atoms with Gasteiger partial charge in [-0.1, -0.05) is 41.5 Å². The third-order valence-electron chi connectivity index (χ3n) is 12.2. The lowest BCUT2D eigenvalue weighted by Crippen LogP contribution is -2.64. The number of carbonyl (C=O) groups excluding carboxylic acids is 3. The Morgan fingerprint density at radius 1 is 0.972 bits per heavy atom. The summed E-state index contributed by atoms with van der Waals surface area (Å²) in [4.78, 5) is 36.8. The number of rotatable bonds is 4. The van der Waals surface area contributed by atoms with Crippen LogP contribution < -0.4 is 5.32 Å². The minimum absolute atomic E-state index is 0.00161. The second-order valence-corrected chi connectivity index (χ2v) is 14.4. The summed E-state index contributed by atoms with van der Waals surface area (Å²) in [7, 11) is 0. The van der Waals surface area contributed by atoms with Gasteiger partial charge in [0.15, 0.2) is 5.78 Å². The molecule has 1 amide bonds. The highest BCUT2D eigenvalue weighted by molar-refractivity contribution is 6.01. The van der Waals surface area contributed by atoms with E-state index in [1.807, 2.05) is 0 Å². The molecule has 5 heteroatoms. The van der Waals surface area contributed by atoms with Crippen LogP contribution in [0.25, 0.3) is 0 Å². The Morgan fingerprint density at radius 2 is 1.67 bits per heavy atom. The molecule has 0 heterocycles. The number of ketones is 1. The molecule has 5 aliphatic carbocycles. The predicted molar refractivity (Wildman–Crippen MR) is 140 cm³/mol. The molecule has 0 spiro atoms. The number of amides is 1. The second kappa shape index (κ2) is 8.43. The Kier molecular flexibility index (Phi) is 6.08. The molecule has 4 saturated carbocycles. The lowest BCUT2D eigenvalue weighted by Gasteiger charge is -2.68. The molecule has 0 radical (unpaired) electrons. The van der Waals surface area contributed by atoms with Crippen molar-refractivity contribution in [3.8, 4) is 0 Å². The monoisotopic (exact) mass is 497 g/mol. The van der Waals surface area contributed by atoms with E-state index in [0.717, 1.165) is 44.1 Å². The van der Waals surface area contributed by atoms with Gasteiger partial charge in [0.05, 0.1) is 5.54 Å². The van der Waals surface area contributed by atoms with E-state index >= 15 is 0 Å². The minimum atomic E-state index is -0.450. The first kappa shape index (κ1) is 26.0. The number of hydrogen-bond acceptors (Lipinski definition) is 4. The number of allylic oxidation sites excluding steroid dienone is 1. The molecule has 8 atom stereocenters. The molecule has 4 fully saturated rings. The fourth-order valence-electron chi connectivity index (χ4n) is 11.0. The third-order valence-corrected chi connectivity index (χ3v) is 12.2. The molecule has 0 aliphatic heterocycles. The van der Waals surface area contributed by atoms with E-state index in [-0.39, 0.29) is 40.0 Å². The first-order valence-electron chi connectivity index (χ1n) is 14.5. The predicted octanol–water partition coefficient (Wildman–Crippen LogP) is 6.01. The van der Waals surface area contributed by atoms with Crippen LogP contribution in [0.1, 0.15) is 106 Å². The van der Waals surface area contributed by atoms with Crippen LogP contribution in [-0.4, -0.2) is 29.8 Å². The maximum Gasteiger partial charge on any atom is 0.302 e. The van der Waals surface area contributed by atoms with Crippen LogP contribution in [0, 0.1) is 45.8 Å². The summed E-state index contributed by atoms with van der Waals surface area (Å²) in [6, 6.07) is 0. The first-order chi connectivity index (χ1) is 16.8. The fourth-order valence-corrected chi connectivity index (χ4v) is 11.0. The van der Waals surface area contributed by atoms with Gasteiger partial charge in [-0.05, 0) is 103 Å². The molecule has 0 aromatic heterocycles. The van der Waals surface area contributed by atoms with E-state index in [2.05, 4.69) is 46.9 Å². The Balaban J connectivity index is 1.51. The quantitative estimate of drug-likeness (QED) is 0.381. The first-order valence-corrected chi connectivity index (χ1v) is 14.5. The van der Waals surface area contributed by atoms with Crippen LogP contribution in [0.3, 0.4) is 0 Å². The normalized spacial score (nSPS) is 45.3. The summed E-state index contributed by atoms with van der Waals surface area (Å²) in [6.07, 6.45) is 9.97. The maximum absolute atomic E-state index is 13.3. The highest BCUT2D eigenvalue weighted by Crippen LogP contribution is 2.72. The SMILES string of the molecule is CC(=O)O[C@H]1CC[C@@]2(C)C(CC[C@@]3(C)C4CC[C@@]5(NC=O)CC(=O)C(C(C)C)=C5C4CCC32)C1(C)C. The smallest absolute Gasteiger partial charge is 0.302 e. The molecule has 0 bridgehead atoms. The third kappa shape index (κ3) is 3.42. The summed E-state index contributed by atoms with van der Waals surface area (Å²) in [6.45, 7) is 15.6. The van der Waals surface area contributed by atoms with Gasteiger partial charge in [0.1, 0.15) is 6.10 Å². The van der Waals surface area contributed by atoms with E-state index in [4.69, 9.17) is 4.74 Å².